The molecule has 0 unspecified atom stereocenters. The van der Waals surface area contributed by atoms with Crippen LogP contribution in [0.4, 0.5) is 0 Å². The van der Waals surface area contributed by atoms with E-state index >= 15 is 0 Å². The van der Waals surface area contributed by atoms with Gasteiger partial charge in [0.15, 0.2) is 5.17 Å². The minimum absolute atomic E-state index is 0.0994. The van der Waals surface area contributed by atoms with E-state index in [0.717, 1.165) is 33.1 Å². The molecule has 2 heterocycles. The van der Waals surface area contributed by atoms with Gasteiger partial charge in [0, 0.05) is 11.3 Å². The van der Waals surface area contributed by atoms with Crippen LogP contribution in [0.5, 0.6) is 0 Å². The second-order valence-electron chi connectivity index (χ2n) is 9.53. The summed E-state index contributed by atoms with van der Waals surface area (Å²) in [5.74, 6) is -0.513. The maximum absolute atomic E-state index is 13.6. The van der Waals surface area contributed by atoms with Crippen molar-refractivity contribution in [3.05, 3.63) is 124 Å². The fourth-order valence-electron chi connectivity index (χ4n) is 4.83. The van der Waals surface area contributed by atoms with Crippen molar-refractivity contribution in [2.45, 2.75) is 39.3 Å². The molecule has 39 heavy (non-hydrogen) atoms. The number of ether oxygens (including phenoxy) is 1. The van der Waals surface area contributed by atoms with Crippen LogP contribution in [0.3, 0.4) is 0 Å². The number of aryl methyl sites for hydroxylation is 1. The average Bonchev–Trinajstić information content (AvgIpc) is 3.35. The maximum atomic E-state index is 13.6. The van der Waals surface area contributed by atoms with Gasteiger partial charge in [0.2, 0.25) is 5.91 Å². The van der Waals surface area contributed by atoms with Crippen molar-refractivity contribution >= 4 is 34.5 Å². The molecule has 1 N–H and O–H groups in total. The largest absolute Gasteiger partial charge is 0.463 e. The fraction of sp³-hybridized carbons (Fsp3) is 0.219. The van der Waals surface area contributed by atoms with Crippen LogP contribution in [0.1, 0.15) is 54.6 Å². The number of nitrogens with one attached hydrogen (secondary N) is 1. The number of hydrogen-bond donors (Lipinski definition) is 1. The Balaban J connectivity index is 1.53. The molecule has 2 aliphatic rings. The Morgan fingerprint density at radius 2 is 1.67 bits per heavy atom. The third-order valence-corrected chi connectivity index (χ3v) is 7.65. The summed E-state index contributed by atoms with van der Waals surface area (Å²) >= 11 is 1.47. The third-order valence-electron chi connectivity index (χ3n) is 6.76. The first-order valence-corrected chi connectivity index (χ1v) is 14.0. The highest BCUT2D eigenvalue weighted by atomic mass is 32.2. The monoisotopic (exact) mass is 537 g/mol. The van der Waals surface area contributed by atoms with E-state index in [9.17, 15) is 9.59 Å². The summed E-state index contributed by atoms with van der Waals surface area (Å²) in [6, 6.07) is 27.1. The number of amides is 1. The quantitative estimate of drug-likeness (QED) is 0.331. The first-order chi connectivity index (χ1) is 19.0. The summed E-state index contributed by atoms with van der Waals surface area (Å²) in [5, 5.41) is 5.80. The topological polar surface area (TPSA) is 71.0 Å². The predicted octanol–water partition coefficient (Wildman–Crippen LogP) is 6.54. The molecule has 0 radical (unpaired) electrons. The molecule has 0 spiro atoms. The summed E-state index contributed by atoms with van der Waals surface area (Å²) in [6.07, 6.45) is 0.155. The molecule has 2 aliphatic heterocycles. The van der Waals surface area contributed by atoms with Crippen molar-refractivity contribution in [3.8, 4) is 0 Å². The van der Waals surface area contributed by atoms with Crippen LogP contribution >= 0.6 is 11.8 Å². The van der Waals surface area contributed by atoms with Crippen molar-refractivity contribution in [3.63, 3.8) is 0 Å². The van der Waals surface area contributed by atoms with Crippen LogP contribution < -0.4 is 5.32 Å². The Hall–Kier alpha value is -4.10. The molecule has 0 aromatic heterocycles. The van der Waals surface area contributed by atoms with Gasteiger partial charge in [-0.25, -0.2) is 9.79 Å². The number of thioether (sulfide) groups is 1. The van der Waals surface area contributed by atoms with E-state index in [-0.39, 0.29) is 25.0 Å². The zero-order valence-corrected chi connectivity index (χ0v) is 23.1. The Morgan fingerprint density at radius 3 is 2.33 bits per heavy atom. The lowest BCUT2D eigenvalue weighted by Gasteiger charge is -2.37. The first-order valence-electron chi connectivity index (χ1n) is 13.1. The van der Waals surface area contributed by atoms with E-state index in [4.69, 9.17) is 9.73 Å². The molecule has 1 amide bonds. The van der Waals surface area contributed by atoms with Crippen LogP contribution in [0.2, 0.25) is 0 Å². The first kappa shape index (κ1) is 26.5. The van der Waals surface area contributed by atoms with Gasteiger partial charge < -0.3 is 15.0 Å². The standard InChI is InChI=1S/C32H31N3O3S/c1-4-38-31(37)28-29(24-13-9-6-10-14-24)34-32-35(30(28)25-17-15-21(2)16-18-25)26(20-39-32)19-27(36)33-22(3)23-11-7-5-8-12-23/h5-18,20,22,30H,4,19H2,1-3H3,(H,33,36)/t22-,30+/m1/s1. The molecule has 3 aromatic carbocycles. The van der Waals surface area contributed by atoms with E-state index in [2.05, 4.69) is 5.32 Å². The zero-order valence-electron chi connectivity index (χ0n) is 22.3. The number of nitrogens with zero attached hydrogens (tertiary/aromatic N) is 2. The second kappa shape index (κ2) is 11.7. The molecule has 0 fully saturated rings. The Bertz CT molecular complexity index is 1450. The van der Waals surface area contributed by atoms with Crippen molar-refractivity contribution in [1.82, 2.24) is 10.2 Å². The van der Waals surface area contributed by atoms with E-state index in [0.29, 0.717) is 11.3 Å². The molecule has 0 saturated heterocycles. The van der Waals surface area contributed by atoms with Gasteiger partial charge >= 0.3 is 5.97 Å². The molecule has 0 saturated carbocycles. The fourth-order valence-corrected chi connectivity index (χ4v) is 5.75. The number of hydrogen-bond acceptors (Lipinski definition) is 6. The van der Waals surface area contributed by atoms with Crippen molar-refractivity contribution in [2.75, 3.05) is 6.61 Å². The van der Waals surface area contributed by atoms with Crippen LogP contribution in [-0.2, 0) is 14.3 Å². The zero-order chi connectivity index (χ0) is 27.4. The average molecular weight is 538 g/mol. The number of aliphatic imine (C=N–C) groups is 1. The summed E-state index contributed by atoms with van der Waals surface area (Å²) in [5.41, 5.74) is 5.77. The third kappa shape index (κ3) is 5.68. The van der Waals surface area contributed by atoms with Gasteiger partial charge in [-0.15, -0.1) is 0 Å². The molecule has 0 aliphatic carbocycles. The van der Waals surface area contributed by atoms with Gasteiger partial charge in [-0.1, -0.05) is 102 Å². The number of benzene rings is 3. The number of carbonyl (C=O) groups excluding carboxylic acids is 2. The lowest BCUT2D eigenvalue weighted by molar-refractivity contribution is -0.139. The predicted molar refractivity (Wildman–Crippen MR) is 156 cm³/mol. The molecular weight excluding hydrogens is 506 g/mol. The highest BCUT2D eigenvalue weighted by Gasteiger charge is 2.42. The van der Waals surface area contributed by atoms with Gasteiger partial charge in [-0.05, 0) is 37.3 Å². The number of rotatable bonds is 8. The van der Waals surface area contributed by atoms with Gasteiger partial charge in [0.1, 0.15) is 0 Å². The van der Waals surface area contributed by atoms with E-state index in [1.54, 1.807) is 6.92 Å². The molecule has 2 atom stereocenters. The number of amidine groups is 1. The number of fused-ring (bicyclic) bond motifs is 1. The van der Waals surface area contributed by atoms with Crippen LogP contribution in [0.15, 0.2) is 107 Å². The molecule has 6 nitrogen and oxygen atoms in total. The summed E-state index contributed by atoms with van der Waals surface area (Å²) in [7, 11) is 0. The Kier molecular flexibility index (Phi) is 7.98. The van der Waals surface area contributed by atoms with Crippen molar-refractivity contribution in [1.29, 1.82) is 0 Å². The highest BCUT2D eigenvalue weighted by molar-refractivity contribution is 8.16. The SMILES string of the molecule is CCOC(=O)C1=C(c2ccccc2)N=C2SC=C(CC(=O)N[C@H](C)c3ccccc3)N2[C@H]1c1ccc(C)cc1. The van der Waals surface area contributed by atoms with Crippen LogP contribution in [0, 0.1) is 6.92 Å². The lowest BCUT2D eigenvalue weighted by atomic mass is 9.91. The highest BCUT2D eigenvalue weighted by Crippen LogP contribution is 2.47. The second-order valence-corrected chi connectivity index (χ2v) is 10.4. The summed E-state index contributed by atoms with van der Waals surface area (Å²) < 4.78 is 5.58. The van der Waals surface area contributed by atoms with Gasteiger partial charge in [0.05, 0.1) is 36.4 Å². The van der Waals surface area contributed by atoms with Crippen LogP contribution in [-0.4, -0.2) is 28.6 Å². The molecule has 7 heteroatoms. The Labute approximate surface area is 233 Å². The van der Waals surface area contributed by atoms with Crippen molar-refractivity contribution < 1.29 is 14.3 Å². The number of esters is 1. The van der Waals surface area contributed by atoms with Gasteiger partial charge in [-0.2, -0.15) is 0 Å². The molecule has 5 rings (SSSR count). The smallest absolute Gasteiger partial charge is 0.338 e. The minimum atomic E-state index is -0.493. The van der Waals surface area contributed by atoms with Crippen LogP contribution in [0.25, 0.3) is 5.70 Å². The molecular formula is C32H31N3O3S. The van der Waals surface area contributed by atoms with Crippen molar-refractivity contribution in [2.24, 2.45) is 4.99 Å². The number of carbonyl (C=O) groups is 2. The minimum Gasteiger partial charge on any atom is -0.463 e. The van der Waals surface area contributed by atoms with Gasteiger partial charge in [0.25, 0.3) is 0 Å². The normalized spacial score (nSPS) is 17.2. The Morgan fingerprint density at radius 1 is 1.00 bits per heavy atom. The van der Waals surface area contributed by atoms with Gasteiger partial charge in [-0.3, -0.25) is 4.79 Å². The van der Waals surface area contributed by atoms with E-state index in [1.165, 1.54) is 11.8 Å². The molecule has 198 valence electrons. The summed E-state index contributed by atoms with van der Waals surface area (Å²) in [4.78, 5) is 33.8. The molecule has 0 bridgehead atoms. The lowest BCUT2D eigenvalue weighted by Crippen LogP contribution is -2.38. The molecule has 3 aromatic rings. The van der Waals surface area contributed by atoms with E-state index < -0.39 is 12.0 Å². The van der Waals surface area contributed by atoms with E-state index in [1.807, 2.05) is 109 Å². The summed E-state index contributed by atoms with van der Waals surface area (Å²) in [6.45, 7) is 6.05. The maximum Gasteiger partial charge on any atom is 0.338 e.